The first-order valence-corrected chi connectivity index (χ1v) is 6.39. The van der Waals surface area contributed by atoms with E-state index in [1.807, 2.05) is 41.2 Å². The molecule has 0 unspecified atom stereocenters. The Kier molecular flexibility index (Phi) is 3.46. The van der Waals surface area contributed by atoms with E-state index in [1.165, 1.54) is 10.9 Å². The zero-order valence-corrected chi connectivity index (χ0v) is 11.1. The quantitative estimate of drug-likeness (QED) is 0.762. The number of hydrogen-bond acceptors (Lipinski definition) is 4. The normalized spacial score (nSPS) is 10.7. The number of carbonyl (C=O) groups is 1. The number of benzene rings is 1. The van der Waals surface area contributed by atoms with Gasteiger partial charge >= 0.3 is 5.97 Å². The summed E-state index contributed by atoms with van der Waals surface area (Å²) in [6.07, 6.45) is 5.08. The lowest BCUT2D eigenvalue weighted by Gasteiger charge is -2.04. The highest BCUT2D eigenvalue weighted by Gasteiger charge is 2.08. The summed E-state index contributed by atoms with van der Waals surface area (Å²) < 4.78 is 3.36. The van der Waals surface area contributed by atoms with E-state index < -0.39 is 5.97 Å². The SMILES string of the molecule is O=C(O)c1cn(Cc2ccc(Cn3cccn3)cc2)nn1. The minimum Gasteiger partial charge on any atom is -0.476 e. The number of aromatic carboxylic acids is 1. The van der Waals surface area contributed by atoms with Crippen molar-refractivity contribution >= 4 is 5.97 Å². The maximum Gasteiger partial charge on any atom is 0.358 e. The molecule has 0 fully saturated rings. The lowest BCUT2D eigenvalue weighted by atomic mass is 10.1. The van der Waals surface area contributed by atoms with Crippen LogP contribution in [0, 0.1) is 0 Å². The van der Waals surface area contributed by atoms with Crippen LogP contribution >= 0.6 is 0 Å². The van der Waals surface area contributed by atoms with Crippen LogP contribution in [-0.2, 0) is 13.1 Å². The maximum atomic E-state index is 10.7. The molecule has 3 aromatic rings. The molecule has 106 valence electrons. The Labute approximate surface area is 120 Å². The molecule has 0 atom stereocenters. The van der Waals surface area contributed by atoms with E-state index in [-0.39, 0.29) is 5.69 Å². The van der Waals surface area contributed by atoms with Gasteiger partial charge in [0, 0.05) is 12.4 Å². The Morgan fingerprint density at radius 3 is 2.29 bits per heavy atom. The van der Waals surface area contributed by atoms with Gasteiger partial charge in [0.2, 0.25) is 0 Å². The lowest BCUT2D eigenvalue weighted by Crippen LogP contribution is -2.02. The summed E-state index contributed by atoms with van der Waals surface area (Å²) in [7, 11) is 0. The number of carboxylic acids is 1. The average Bonchev–Trinajstić information content (AvgIpc) is 3.12. The summed E-state index contributed by atoms with van der Waals surface area (Å²) >= 11 is 0. The van der Waals surface area contributed by atoms with E-state index in [1.54, 1.807) is 6.20 Å². The van der Waals surface area contributed by atoms with Crippen molar-refractivity contribution in [2.75, 3.05) is 0 Å². The second kappa shape index (κ2) is 5.58. The second-order valence-electron chi connectivity index (χ2n) is 4.63. The maximum absolute atomic E-state index is 10.7. The van der Waals surface area contributed by atoms with Crippen LogP contribution in [0.1, 0.15) is 21.6 Å². The van der Waals surface area contributed by atoms with E-state index in [0.29, 0.717) is 6.54 Å². The summed E-state index contributed by atoms with van der Waals surface area (Å²) in [5.74, 6) is -1.07. The van der Waals surface area contributed by atoms with Crippen molar-refractivity contribution in [1.82, 2.24) is 24.8 Å². The molecule has 7 heteroatoms. The predicted molar refractivity (Wildman–Crippen MR) is 73.9 cm³/mol. The van der Waals surface area contributed by atoms with Gasteiger partial charge < -0.3 is 5.11 Å². The highest BCUT2D eigenvalue weighted by Crippen LogP contribution is 2.08. The topological polar surface area (TPSA) is 85.8 Å². The third kappa shape index (κ3) is 3.14. The Morgan fingerprint density at radius 1 is 1.10 bits per heavy atom. The molecule has 0 radical (unpaired) electrons. The minimum absolute atomic E-state index is 0.0506. The third-order valence-corrected chi connectivity index (χ3v) is 3.03. The van der Waals surface area contributed by atoms with Crippen LogP contribution in [0.4, 0.5) is 0 Å². The summed E-state index contributed by atoms with van der Waals surface area (Å²) in [5.41, 5.74) is 2.12. The summed E-state index contributed by atoms with van der Waals surface area (Å²) in [4.78, 5) is 10.7. The smallest absolute Gasteiger partial charge is 0.358 e. The molecule has 1 N–H and O–H groups in total. The summed E-state index contributed by atoms with van der Waals surface area (Å²) in [6.45, 7) is 1.21. The summed E-state index contributed by atoms with van der Waals surface area (Å²) in [5, 5.41) is 20.3. The van der Waals surface area contributed by atoms with E-state index in [4.69, 9.17) is 5.11 Å². The van der Waals surface area contributed by atoms with Crippen molar-refractivity contribution in [2.24, 2.45) is 0 Å². The average molecular weight is 283 g/mol. The number of carboxylic acid groups (broad SMARTS) is 1. The van der Waals surface area contributed by atoms with Crippen molar-refractivity contribution in [3.05, 3.63) is 65.7 Å². The van der Waals surface area contributed by atoms with Gasteiger partial charge in [0.1, 0.15) is 0 Å². The zero-order chi connectivity index (χ0) is 14.7. The van der Waals surface area contributed by atoms with Gasteiger partial charge in [0.15, 0.2) is 5.69 Å². The standard InChI is InChI=1S/C14H13N5O2/c20-14(21)13-10-19(17-16-13)9-12-4-2-11(3-5-12)8-18-7-1-6-15-18/h1-7,10H,8-9H2,(H,20,21). The van der Waals surface area contributed by atoms with Gasteiger partial charge in [0.05, 0.1) is 19.3 Å². The molecule has 1 aromatic carbocycles. The fourth-order valence-corrected chi connectivity index (χ4v) is 1.99. The molecular formula is C14H13N5O2. The van der Waals surface area contributed by atoms with Gasteiger partial charge in [-0.3, -0.25) is 4.68 Å². The van der Waals surface area contributed by atoms with Gasteiger partial charge in [-0.1, -0.05) is 29.5 Å². The minimum atomic E-state index is -1.07. The van der Waals surface area contributed by atoms with Crippen molar-refractivity contribution in [1.29, 1.82) is 0 Å². The molecule has 0 aliphatic carbocycles. The molecule has 0 aliphatic rings. The predicted octanol–water partition coefficient (Wildman–Crippen LogP) is 1.27. The van der Waals surface area contributed by atoms with Crippen LogP contribution in [0.5, 0.6) is 0 Å². The molecule has 0 spiro atoms. The Morgan fingerprint density at radius 2 is 1.76 bits per heavy atom. The highest BCUT2D eigenvalue weighted by molar-refractivity contribution is 5.84. The van der Waals surface area contributed by atoms with Crippen molar-refractivity contribution < 1.29 is 9.90 Å². The van der Waals surface area contributed by atoms with Gasteiger partial charge in [-0.05, 0) is 17.2 Å². The van der Waals surface area contributed by atoms with Crippen molar-refractivity contribution in [2.45, 2.75) is 13.1 Å². The van der Waals surface area contributed by atoms with Gasteiger partial charge in [-0.15, -0.1) is 5.10 Å². The number of nitrogens with zero attached hydrogens (tertiary/aromatic N) is 5. The zero-order valence-electron chi connectivity index (χ0n) is 11.1. The first-order chi connectivity index (χ1) is 10.2. The highest BCUT2D eigenvalue weighted by atomic mass is 16.4. The van der Waals surface area contributed by atoms with Crippen LogP contribution in [0.3, 0.4) is 0 Å². The van der Waals surface area contributed by atoms with Gasteiger partial charge in [-0.2, -0.15) is 5.10 Å². The molecular weight excluding hydrogens is 270 g/mol. The molecule has 2 heterocycles. The lowest BCUT2D eigenvalue weighted by molar-refractivity contribution is 0.0690. The van der Waals surface area contributed by atoms with Crippen LogP contribution < -0.4 is 0 Å². The Balaban J connectivity index is 1.67. The van der Waals surface area contributed by atoms with Crippen LogP contribution in [0.2, 0.25) is 0 Å². The molecule has 0 saturated carbocycles. The van der Waals surface area contributed by atoms with Crippen LogP contribution in [0.25, 0.3) is 0 Å². The Hall–Kier alpha value is -2.96. The van der Waals surface area contributed by atoms with E-state index in [9.17, 15) is 4.79 Å². The first-order valence-electron chi connectivity index (χ1n) is 6.39. The molecule has 3 rings (SSSR count). The molecule has 0 bridgehead atoms. The van der Waals surface area contributed by atoms with Crippen LogP contribution in [0.15, 0.2) is 48.9 Å². The molecule has 7 nitrogen and oxygen atoms in total. The largest absolute Gasteiger partial charge is 0.476 e. The van der Waals surface area contributed by atoms with Crippen molar-refractivity contribution in [3.63, 3.8) is 0 Å². The molecule has 0 saturated heterocycles. The first kappa shape index (κ1) is 13.0. The van der Waals surface area contributed by atoms with E-state index >= 15 is 0 Å². The third-order valence-electron chi connectivity index (χ3n) is 3.03. The van der Waals surface area contributed by atoms with Crippen LogP contribution in [-0.4, -0.2) is 35.9 Å². The number of rotatable bonds is 5. The second-order valence-corrected chi connectivity index (χ2v) is 4.63. The fourth-order valence-electron chi connectivity index (χ4n) is 1.99. The Bertz CT molecular complexity index is 731. The monoisotopic (exact) mass is 283 g/mol. The van der Waals surface area contributed by atoms with Gasteiger partial charge in [0.25, 0.3) is 0 Å². The van der Waals surface area contributed by atoms with Gasteiger partial charge in [-0.25, -0.2) is 9.48 Å². The summed E-state index contributed by atoms with van der Waals surface area (Å²) in [6, 6.07) is 9.90. The van der Waals surface area contributed by atoms with Crippen molar-refractivity contribution in [3.8, 4) is 0 Å². The fraction of sp³-hybridized carbons (Fsp3) is 0.143. The molecule has 0 aliphatic heterocycles. The van der Waals surface area contributed by atoms with E-state index in [2.05, 4.69) is 15.4 Å². The molecule has 0 amide bonds. The van der Waals surface area contributed by atoms with E-state index in [0.717, 1.165) is 17.7 Å². The molecule has 2 aromatic heterocycles. The number of aromatic nitrogens is 5. The number of hydrogen-bond donors (Lipinski definition) is 1. The molecule has 21 heavy (non-hydrogen) atoms.